The lowest BCUT2D eigenvalue weighted by molar-refractivity contribution is -0.122. The van der Waals surface area contributed by atoms with Gasteiger partial charge in [-0.05, 0) is 25.3 Å². The van der Waals surface area contributed by atoms with Crippen LogP contribution in [-0.4, -0.2) is 25.1 Å². The van der Waals surface area contributed by atoms with E-state index in [-0.39, 0.29) is 30.5 Å². The Morgan fingerprint density at radius 2 is 2.00 bits per heavy atom. The highest BCUT2D eigenvalue weighted by Crippen LogP contribution is 2.15. The van der Waals surface area contributed by atoms with Crippen molar-refractivity contribution in [1.29, 1.82) is 0 Å². The second-order valence-corrected chi connectivity index (χ2v) is 4.96. The van der Waals surface area contributed by atoms with E-state index in [0.717, 1.165) is 19.3 Å². The van der Waals surface area contributed by atoms with Crippen molar-refractivity contribution in [3.63, 3.8) is 0 Å². The van der Waals surface area contributed by atoms with E-state index in [9.17, 15) is 4.79 Å². The van der Waals surface area contributed by atoms with Gasteiger partial charge in [-0.2, -0.15) is 0 Å². The molecule has 2 unspecified atom stereocenters. The molecule has 1 aromatic rings. The van der Waals surface area contributed by atoms with Crippen molar-refractivity contribution < 1.29 is 9.53 Å². The molecule has 0 fully saturated rings. The molecule has 5 heteroatoms. The number of nitrogens with two attached hydrogens (primary N) is 1. The van der Waals surface area contributed by atoms with Crippen LogP contribution >= 0.6 is 12.4 Å². The standard InChI is InChI=1S/C16H26N2O2.ClH/c1-3-8-15(17)16(19)18-11-7-12-20-13(2)14-9-5-4-6-10-14;/h4-6,9-10,13,15H,3,7-8,11-12,17H2,1-2H3,(H,18,19);1H. The number of ether oxygens (including phenoxy) is 1. The molecular weight excluding hydrogens is 288 g/mol. The molecular formula is C16H27ClN2O2. The minimum absolute atomic E-state index is 0. The first kappa shape index (κ1) is 19.9. The van der Waals surface area contributed by atoms with Crippen molar-refractivity contribution in [3.05, 3.63) is 35.9 Å². The van der Waals surface area contributed by atoms with E-state index >= 15 is 0 Å². The van der Waals surface area contributed by atoms with Gasteiger partial charge in [-0.15, -0.1) is 12.4 Å². The number of nitrogens with one attached hydrogen (secondary N) is 1. The van der Waals surface area contributed by atoms with E-state index in [1.54, 1.807) is 0 Å². The molecule has 3 N–H and O–H groups in total. The number of hydrogen-bond donors (Lipinski definition) is 2. The van der Waals surface area contributed by atoms with Gasteiger partial charge in [0.25, 0.3) is 0 Å². The Hall–Kier alpha value is -1.10. The van der Waals surface area contributed by atoms with Crippen LogP contribution in [0.15, 0.2) is 30.3 Å². The molecule has 21 heavy (non-hydrogen) atoms. The van der Waals surface area contributed by atoms with E-state index in [1.807, 2.05) is 32.0 Å². The monoisotopic (exact) mass is 314 g/mol. The predicted molar refractivity (Wildman–Crippen MR) is 88.6 cm³/mol. The van der Waals surface area contributed by atoms with Gasteiger partial charge >= 0.3 is 0 Å². The van der Waals surface area contributed by atoms with Gasteiger partial charge in [-0.25, -0.2) is 0 Å². The molecule has 0 aromatic heterocycles. The van der Waals surface area contributed by atoms with Crippen LogP contribution < -0.4 is 11.1 Å². The molecule has 0 saturated carbocycles. The van der Waals surface area contributed by atoms with Crippen LogP contribution in [0, 0.1) is 0 Å². The average Bonchev–Trinajstić information content (AvgIpc) is 2.47. The van der Waals surface area contributed by atoms with E-state index in [1.165, 1.54) is 5.56 Å². The molecule has 0 heterocycles. The lowest BCUT2D eigenvalue weighted by Crippen LogP contribution is -2.40. The van der Waals surface area contributed by atoms with E-state index < -0.39 is 0 Å². The Morgan fingerprint density at radius 3 is 2.62 bits per heavy atom. The Morgan fingerprint density at radius 1 is 1.33 bits per heavy atom. The molecule has 0 aliphatic rings. The second-order valence-electron chi connectivity index (χ2n) is 4.96. The fourth-order valence-electron chi connectivity index (χ4n) is 1.94. The molecule has 1 amide bonds. The molecule has 4 nitrogen and oxygen atoms in total. The summed E-state index contributed by atoms with van der Waals surface area (Å²) in [6.07, 6.45) is 2.52. The average molecular weight is 315 g/mol. The molecule has 0 aliphatic heterocycles. The van der Waals surface area contributed by atoms with Gasteiger partial charge in [-0.3, -0.25) is 4.79 Å². The molecule has 1 rings (SSSR count). The van der Waals surface area contributed by atoms with Crippen molar-refractivity contribution in [1.82, 2.24) is 5.32 Å². The van der Waals surface area contributed by atoms with E-state index in [2.05, 4.69) is 17.4 Å². The second kappa shape index (κ2) is 11.5. The van der Waals surface area contributed by atoms with E-state index in [4.69, 9.17) is 10.5 Å². The van der Waals surface area contributed by atoms with Gasteiger partial charge in [0.1, 0.15) is 0 Å². The maximum atomic E-state index is 11.6. The van der Waals surface area contributed by atoms with Gasteiger partial charge in [0.05, 0.1) is 12.1 Å². The lowest BCUT2D eigenvalue weighted by Gasteiger charge is -2.14. The smallest absolute Gasteiger partial charge is 0.236 e. The van der Waals surface area contributed by atoms with Crippen molar-refractivity contribution in [3.8, 4) is 0 Å². The van der Waals surface area contributed by atoms with Crippen LogP contribution in [0.3, 0.4) is 0 Å². The predicted octanol–water partition coefficient (Wildman–Crippen LogP) is 2.82. The first-order valence-corrected chi connectivity index (χ1v) is 7.35. The van der Waals surface area contributed by atoms with Crippen LogP contribution in [0.2, 0.25) is 0 Å². The third kappa shape index (κ3) is 8.05. The first-order valence-electron chi connectivity index (χ1n) is 7.35. The largest absolute Gasteiger partial charge is 0.374 e. The summed E-state index contributed by atoms with van der Waals surface area (Å²) in [7, 11) is 0. The fourth-order valence-corrected chi connectivity index (χ4v) is 1.94. The van der Waals surface area contributed by atoms with Gasteiger partial charge in [0.15, 0.2) is 0 Å². The molecule has 0 radical (unpaired) electrons. The first-order chi connectivity index (χ1) is 9.65. The SMILES string of the molecule is CCCC(N)C(=O)NCCCOC(C)c1ccccc1.Cl. The Labute approximate surface area is 133 Å². The summed E-state index contributed by atoms with van der Waals surface area (Å²) in [4.78, 5) is 11.6. The van der Waals surface area contributed by atoms with Crippen LogP contribution in [0.1, 0.15) is 44.8 Å². The van der Waals surface area contributed by atoms with Crippen molar-refractivity contribution in [2.75, 3.05) is 13.2 Å². The number of carbonyl (C=O) groups excluding carboxylic acids is 1. The molecule has 0 spiro atoms. The van der Waals surface area contributed by atoms with Crippen molar-refractivity contribution in [2.45, 2.75) is 45.3 Å². The van der Waals surface area contributed by atoms with Crippen molar-refractivity contribution in [2.24, 2.45) is 5.73 Å². The zero-order valence-electron chi connectivity index (χ0n) is 12.9. The Kier molecular flexibility index (Phi) is 10.9. The molecule has 0 aliphatic carbocycles. The van der Waals surface area contributed by atoms with E-state index in [0.29, 0.717) is 13.2 Å². The summed E-state index contributed by atoms with van der Waals surface area (Å²) in [5.41, 5.74) is 6.89. The van der Waals surface area contributed by atoms with Crippen LogP contribution in [0.25, 0.3) is 0 Å². The minimum Gasteiger partial charge on any atom is -0.374 e. The minimum atomic E-state index is -0.385. The highest BCUT2D eigenvalue weighted by Gasteiger charge is 2.11. The third-order valence-corrected chi connectivity index (χ3v) is 3.19. The zero-order chi connectivity index (χ0) is 14.8. The lowest BCUT2D eigenvalue weighted by atomic mass is 10.1. The highest BCUT2D eigenvalue weighted by atomic mass is 35.5. The number of hydrogen-bond acceptors (Lipinski definition) is 3. The summed E-state index contributed by atoms with van der Waals surface area (Å²) >= 11 is 0. The Balaban J connectivity index is 0.00000400. The molecule has 120 valence electrons. The summed E-state index contributed by atoms with van der Waals surface area (Å²) in [5, 5.41) is 2.84. The zero-order valence-corrected chi connectivity index (χ0v) is 13.7. The van der Waals surface area contributed by atoms with Crippen LogP contribution in [0.5, 0.6) is 0 Å². The summed E-state index contributed by atoms with van der Waals surface area (Å²) in [6.45, 7) is 5.29. The van der Waals surface area contributed by atoms with Crippen molar-refractivity contribution >= 4 is 18.3 Å². The van der Waals surface area contributed by atoms with Gasteiger partial charge in [0.2, 0.25) is 5.91 Å². The summed E-state index contributed by atoms with van der Waals surface area (Å²) < 4.78 is 5.74. The quantitative estimate of drug-likeness (QED) is 0.689. The van der Waals surface area contributed by atoms with Crippen LogP contribution in [0.4, 0.5) is 0 Å². The maximum Gasteiger partial charge on any atom is 0.236 e. The topological polar surface area (TPSA) is 64.4 Å². The normalized spacial score (nSPS) is 13.1. The number of halogens is 1. The third-order valence-electron chi connectivity index (χ3n) is 3.19. The number of benzene rings is 1. The number of rotatable bonds is 9. The summed E-state index contributed by atoms with van der Waals surface area (Å²) in [6, 6.07) is 9.72. The molecule has 0 bridgehead atoms. The summed E-state index contributed by atoms with van der Waals surface area (Å²) in [5.74, 6) is -0.0667. The molecule has 2 atom stereocenters. The van der Waals surface area contributed by atoms with Gasteiger partial charge < -0.3 is 15.8 Å². The Bertz CT molecular complexity index is 387. The maximum absolute atomic E-state index is 11.6. The number of amides is 1. The van der Waals surface area contributed by atoms with Crippen LogP contribution in [-0.2, 0) is 9.53 Å². The molecule has 0 saturated heterocycles. The number of carbonyl (C=O) groups is 1. The fraction of sp³-hybridized carbons (Fsp3) is 0.562. The van der Waals surface area contributed by atoms with Gasteiger partial charge in [0, 0.05) is 13.2 Å². The van der Waals surface area contributed by atoms with Gasteiger partial charge in [-0.1, -0.05) is 43.7 Å². The highest BCUT2D eigenvalue weighted by molar-refractivity contribution is 5.85. The molecule has 1 aromatic carbocycles.